The first-order chi connectivity index (χ1) is 9.72. The van der Waals surface area contributed by atoms with E-state index >= 15 is 0 Å². The molecule has 1 aliphatic heterocycles. The summed E-state index contributed by atoms with van der Waals surface area (Å²) in [6, 6.07) is 0. The van der Waals surface area contributed by atoms with E-state index in [1.165, 1.54) is 83.7 Å². The second-order valence-electron chi connectivity index (χ2n) is 7.99. The third kappa shape index (κ3) is 2.66. The summed E-state index contributed by atoms with van der Waals surface area (Å²) in [5.74, 6) is 0.926. The predicted molar refractivity (Wildman–Crippen MR) is 85.7 cm³/mol. The minimum atomic E-state index is 0.360. The number of hydrogen-bond donors (Lipinski definition) is 1. The lowest BCUT2D eigenvalue weighted by Crippen LogP contribution is -2.59. The van der Waals surface area contributed by atoms with E-state index < -0.39 is 0 Å². The predicted octanol–water partition coefficient (Wildman–Crippen LogP) is 3.94. The Labute approximate surface area is 125 Å². The van der Waals surface area contributed by atoms with Crippen LogP contribution in [0, 0.1) is 11.3 Å². The first kappa shape index (κ1) is 14.8. The van der Waals surface area contributed by atoms with E-state index in [0.717, 1.165) is 17.9 Å². The summed E-state index contributed by atoms with van der Waals surface area (Å²) >= 11 is 0. The number of likely N-dealkylation sites (tertiary alicyclic amines) is 1. The van der Waals surface area contributed by atoms with Gasteiger partial charge in [0.1, 0.15) is 0 Å². The highest BCUT2D eigenvalue weighted by Gasteiger charge is 2.44. The molecule has 2 heteroatoms. The third-order valence-electron chi connectivity index (χ3n) is 7.04. The maximum absolute atomic E-state index is 6.29. The molecule has 2 unspecified atom stereocenters. The molecule has 1 saturated heterocycles. The maximum atomic E-state index is 6.29. The molecule has 2 nitrogen and oxygen atoms in total. The first-order valence-corrected chi connectivity index (χ1v) is 9.17. The molecule has 0 aromatic carbocycles. The van der Waals surface area contributed by atoms with Crippen molar-refractivity contribution < 1.29 is 0 Å². The van der Waals surface area contributed by atoms with Crippen molar-refractivity contribution >= 4 is 0 Å². The van der Waals surface area contributed by atoms with Crippen LogP contribution in [0.4, 0.5) is 0 Å². The molecule has 0 aromatic heterocycles. The average molecular weight is 278 g/mol. The van der Waals surface area contributed by atoms with Gasteiger partial charge in [0.15, 0.2) is 0 Å². The van der Waals surface area contributed by atoms with E-state index in [2.05, 4.69) is 11.8 Å². The van der Waals surface area contributed by atoms with Crippen molar-refractivity contribution in [1.29, 1.82) is 0 Å². The van der Waals surface area contributed by atoms with Crippen LogP contribution < -0.4 is 5.73 Å². The molecular weight excluding hydrogens is 244 g/mol. The van der Waals surface area contributed by atoms with Crippen molar-refractivity contribution in [2.24, 2.45) is 17.1 Å². The zero-order chi connectivity index (χ0) is 14.1. The number of piperidine rings is 1. The van der Waals surface area contributed by atoms with Crippen LogP contribution in [-0.2, 0) is 0 Å². The van der Waals surface area contributed by atoms with Crippen LogP contribution in [0.1, 0.15) is 77.6 Å². The molecule has 2 N–H and O–H groups in total. The summed E-state index contributed by atoms with van der Waals surface area (Å²) in [4.78, 5) is 2.82. The van der Waals surface area contributed by atoms with Crippen LogP contribution in [0.15, 0.2) is 0 Å². The summed E-state index contributed by atoms with van der Waals surface area (Å²) in [7, 11) is 0. The summed E-state index contributed by atoms with van der Waals surface area (Å²) in [6.45, 7) is 5.90. The van der Waals surface area contributed by atoms with Crippen LogP contribution in [0.3, 0.4) is 0 Å². The van der Waals surface area contributed by atoms with E-state index in [1.807, 2.05) is 0 Å². The molecule has 0 aromatic rings. The Morgan fingerprint density at radius 3 is 2.30 bits per heavy atom. The minimum Gasteiger partial charge on any atom is -0.329 e. The molecule has 1 spiro atoms. The average Bonchev–Trinajstić information content (AvgIpc) is 2.96. The van der Waals surface area contributed by atoms with E-state index in [4.69, 9.17) is 5.73 Å². The highest BCUT2D eigenvalue weighted by molar-refractivity contribution is 5.00. The van der Waals surface area contributed by atoms with Crippen molar-refractivity contribution in [3.8, 4) is 0 Å². The monoisotopic (exact) mass is 278 g/mol. The lowest BCUT2D eigenvalue weighted by Gasteiger charge is -2.52. The quantitative estimate of drug-likeness (QED) is 0.847. The van der Waals surface area contributed by atoms with Gasteiger partial charge in [-0.2, -0.15) is 0 Å². The summed E-state index contributed by atoms with van der Waals surface area (Å²) in [6.07, 6.45) is 15.8. The van der Waals surface area contributed by atoms with E-state index in [9.17, 15) is 0 Å². The molecule has 0 radical (unpaired) electrons. The van der Waals surface area contributed by atoms with E-state index in [1.54, 1.807) is 0 Å². The van der Waals surface area contributed by atoms with Gasteiger partial charge in [-0.3, -0.25) is 4.90 Å². The van der Waals surface area contributed by atoms with Crippen LogP contribution >= 0.6 is 0 Å². The van der Waals surface area contributed by atoms with Gasteiger partial charge < -0.3 is 5.73 Å². The Hall–Kier alpha value is -0.0800. The SMILES string of the molecule is CCC1CCCC(CN)(N2CCC3(CCCC3)CC2)C1. The summed E-state index contributed by atoms with van der Waals surface area (Å²) in [5.41, 5.74) is 7.39. The van der Waals surface area contributed by atoms with Crippen molar-refractivity contribution in [1.82, 2.24) is 4.90 Å². The van der Waals surface area contributed by atoms with E-state index in [0.29, 0.717) is 5.54 Å². The molecule has 3 fully saturated rings. The van der Waals surface area contributed by atoms with Gasteiger partial charge in [-0.1, -0.05) is 39.0 Å². The molecule has 20 heavy (non-hydrogen) atoms. The second kappa shape index (κ2) is 5.96. The van der Waals surface area contributed by atoms with Gasteiger partial charge in [0.2, 0.25) is 0 Å². The minimum absolute atomic E-state index is 0.360. The number of hydrogen-bond acceptors (Lipinski definition) is 2. The smallest absolute Gasteiger partial charge is 0.0334 e. The molecule has 0 bridgehead atoms. The lowest BCUT2D eigenvalue weighted by molar-refractivity contribution is -0.0120. The van der Waals surface area contributed by atoms with Gasteiger partial charge in [0.05, 0.1) is 0 Å². The first-order valence-electron chi connectivity index (χ1n) is 9.17. The van der Waals surface area contributed by atoms with Crippen LogP contribution in [0.2, 0.25) is 0 Å². The van der Waals surface area contributed by atoms with Crippen molar-refractivity contribution in [3.05, 3.63) is 0 Å². The maximum Gasteiger partial charge on any atom is 0.0334 e. The number of nitrogens with two attached hydrogens (primary N) is 1. The normalized spacial score (nSPS) is 38.4. The molecule has 0 amide bonds. The van der Waals surface area contributed by atoms with E-state index in [-0.39, 0.29) is 0 Å². The molecule has 2 saturated carbocycles. The lowest BCUT2D eigenvalue weighted by atomic mass is 9.70. The highest BCUT2D eigenvalue weighted by atomic mass is 15.2. The summed E-state index contributed by atoms with van der Waals surface area (Å²) in [5, 5.41) is 0. The van der Waals surface area contributed by atoms with Gasteiger partial charge in [0.25, 0.3) is 0 Å². The molecule has 2 atom stereocenters. The number of rotatable bonds is 3. The Bertz CT molecular complexity index is 311. The Morgan fingerprint density at radius 2 is 1.70 bits per heavy atom. The van der Waals surface area contributed by atoms with Gasteiger partial charge in [0, 0.05) is 12.1 Å². The van der Waals surface area contributed by atoms with Crippen LogP contribution in [0.25, 0.3) is 0 Å². The molecular formula is C18H34N2. The molecule has 3 aliphatic rings. The van der Waals surface area contributed by atoms with Gasteiger partial charge in [-0.05, 0) is 62.9 Å². The second-order valence-corrected chi connectivity index (χ2v) is 7.99. The van der Waals surface area contributed by atoms with Crippen LogP contribution in [0.5, 0.6) is 0 Å². The third-order valence-corrected chi connectivity index (χ3v) is 7.04. The zero-order valence-corrected chi connectivity index (χ0v) is 13.5. The van der Waals surface area contributed by atoms with Crippen molar-refractivity contribution in [3.63, 3.8) is 0 Å². The highest BCUT2D eigenvalue weighted by Crippen LogP contribution is 2.48. The molecule has 3 rings (SSSR count). The summed E-state index contributed by atoms with van der Waals surface area (Å²) < 4.78 is 0. The van der Waals surface area contributed by atoms with Gasteiger partial charge in [-0.15, -0.1) is 0 Å². The largest absolute Gasteiger partial charge is 0.329 e. The Kier molecular flexibility index (Phi) is 4.42. The number of nitrogens with zero attached hydrogens (tertiary/aromatic N) is 1. The topological polar surface area (TPSA) is 29.3 Å². The van der Waals surface area contributed by atoms with Gasteiger partial charge >= 0.3 is 0 Å². The van der Waals surface area contributed by atoms with Gasteiger partial charge in [-0.25, -0.2) is 0 Å². The Balaban J connectivity index is 1.65. The van der Waals surface area contributed by atoms with Crippen molar-refractivity contribution in [2.45, 2.75) is 83.1 Å². The molecule has 2 aliphatic carbocycles. The van der Waals surface area contributed by atoms with Crippen molar-refractivity contribution in [2.75, 3.05) is 19.6 Å². The molecule has 116 valence electrons. The Morgan fingerprint density at radius 1 is 1.00 bits per heavy atom. The standard InChI is InChI=1S/C18H34N2/c1-2-16-6-5-9-18(14-16,15-19)20-12-10-17(11-13-20)7-3-4-8-17/h16H,2-15,19H2,1H3. The molecule has 1 heterocycles. The van der Waals surface area contributed by atoms with Crippen LogP contribution in [-0.4, -0.2) is 30.1 Å². The fourth-order valence-corrected chi connectivity index (χ4v) is 5.49. The zero-order valence-electron chi connectivity index (χ0n) is 13.5. The fraction of sp³-hybridized carbons (Fsp3) is 1.00. The fourth-order valence-electron chi connectivity index (χ4n) is 5.49.